The summed E-state index contributed by atoms with van der Waals surface area (Å²) >= 11 is 1.97. The SMILES string of the molecule is CCC(C)(OC)C1NC(C)(C)CS1. The Balaban J connectivity index is 2.63. The first-order valence-electron chi connectivity index (χ1n) is 4.88. The zero-order valence-corrected chi connectivity index (χ0v) is 10.1. The molecule has 0 amide bonds. The van der Waals surface area contributed by atoms with Gasteiger partial charge in [-0.1, -0.05) is 6.92 Å². The fourth-order valence-electron chi connectivity index (χ4n) is 1.50. The van der Waals surface area contributed by atoms with E-state index in [1.54, 1.807) is 7.11 Å². The maximum absolute atomic E-state index is 5.58. The molecule has 3 heteroatoms. The van der Waals surface area contributed by atoms with Gasteiger partial charge < -0.3 is 4.74 Å². The van der Waals surface area contributed by atoms with Gasteiger partial charge in [0.25, 0.3) is 0 Å². The third-order valence-corrected chi connectivity index (χ3v) is 4.69. The molecular formula is C10H21NOS. The summed E-state index contributed by atoms with van der Waals surface area (Å²) in [6.07, 6.45) is 1.05. The summed E-state index contributed by atoms with van der Waals surface area (Å²) < 4.78 is 5.58. The minimum absolute atomic E-state index is 0.0293. The monoisotopic (exact) mass is 203 g/mol. The van der Waals surface area contributed by atoms with E-state index in [-0.39, 0.29) is 11.1 Å². The second-order valence-electron chi connectivity index (χ2n) is 4.59. The molecule has 1 rings (SSSR count). The first-order valence-corrected chi connectivity index (χ1v) is 5.93. The zero-order valence-electron chi connectivity index (χ0n) is 9.31. The van der Waals surface area contributed by atoms with Crippen molar-refractivity contribution in [3.05, 3.63) is 0 Å². The predicted octanol–water partition coefficient (Wildman–Crippen LogP) is 2.24. The number of hydrogen-bond acceptors (Lipinski definition) is 3. The topological polar surface area (TPSA) is 21.3 Å². The van der Waals surface area contributed by atoms with Crippen molar-refractivity contribution in [2.45, 2.75) is 50.6 Å². The fourth-order valence-corrected chi connectivity index (χ4v) is 3.18. The van der Waals surface area contributed by atoms with Crippen molar-refractivity contribution < 1.29 is 4.74 Å². The van der Waals surface area contributed by atoms with Crippen LogP contribution in [0.2, 0.25) is 0 Å². The molecule has 1 heterocycles. The summed E-state index contributed by atoms with van der Waals surface area (Å²) in [6.45, 7) is 8.84. The van der Waals surface area contributed by atoms with E-state index in [1.807, 2.05) is 11.8 Å². The molecule has 1 N–H and O–H groups in total. The number of thioether (sulfide) groups is 1. The van der Waals surface area contributed by atoms with Crippen LogP contribution < -0.4 is 5.32 Å². The van der Waals surface area contributed by atoms with Gasteiger partial charge in [-0.25, -0.2) is 0 Å². The van der Waals surface area contributed by atoms with Crippen LogP contribution in [0, 0.1) is 0 Å². The van der Waals surface area contributed by atoms with Crippen molar-refractivity contribution in [3.8, 4) is 0 Å². The third kappa shape index (κ3) is 2.39. The van der Waals surface area contributed by atoms with Gasteiger partial charge in [0.1, 0.15) is 0 Å². The molecule has 1 aliphatic heterocycles. The van der Waals surface area contributed by atoms with Gasteiger partial charge in [-0.2, -0.15) is 0 Å². The highest BCUT2D eigenvalue weighted by Crippen LogP contribution is 2.35. The van der Waals surface area contributed by atoms with E-state index in [4.69, 9.17) is 4.74 Å². The lowest BCUT2D eigenvalue weighted by molar-refractivity contribution is -0.00775. The Labute approximate surface area is 85.8 Å². The van der Waals surface area contributed by atoms with Crippen LogP contribution in [-0.4, -0.2) is 29.4 Å². The minimum Gasteiger partial charge on any atom is -0.376 e. The van der Waals surface area contributed by atoms with Crippen LogP contribution in [0.5, 0.6) is 0 Å². The van der Waals surface area contributed by atoms with Gasteiger partial charge >= 0.3 is 0 Å². The van der Waals surface area contributed by atoms with Crippen LogP contribution in [0.15, 0.2) is 0 Å². The molecule has 0 aromatic carbocycles. The summed E-state index contributed by atoms with van der Waals surface area (Å²) in [5.74, 6) is 1.16. The Bertz CT molecular complexity index is 178. The summed E-state index contributed by atoms with van der Waals surface area (Å²) in [4.78, 5) is 0. The van der Waals surface area contributed by atoms with Crippen LogP contribution in [0.3, 0.4) is 0 Å². The molecule has 1 fully saturated rings. The molecule has 1 saturated heterocycles. The molecule has 0 radical (unpaired) electrons. The number of methoxy groups -OCH3 is 1. The standard InChI is InChI=1S/C10H21NOS/c1-6-10(4,12-5)8-11-9(2,3)7-13-8/h8,11H,6-7H2,1-5H3. The van der Waals surface area contributed by atoms with E-state index < -0.39 is 0 Å². The summed E-state index contributed by atoms with van der Waals surface area (Å²) in [5, 5.41) is 4.04. The van der Waals surface area contributed by atoms with E-state index in [0.29, 0.717) is 5.37 Å². The molecule has 2 nitrogen and oxygen atoms in total. The van der Waals surface area contributed by atoms with E-state index in [0.717, 1.165) is 12.2 Å². The second kappa shape index (κ2) is 3.79. The van der Waals surface area contributed by atoms with Gasteiger partial charge in [-0.3, -0.25) is 5.32 Å². The van der Waals surface area contributed by atoms with Crippen LogP contribution in [0.25, 0.3) is 0 Å². The lowest BCUT2D eigenvalue weighted by Crippen LogP contribution is -2.50. The predicted molar refractivity (Wildman–Crippen MR) is 59.2 cm³/mol. The number of hydrogen-bond donors (Lipinski definition) is 1. The second-order valence-corrected chi connectivity index (χ2v) is 5.68. The van der Waals surface area contributed by atoms with E-state index in [1.165, 1.54) is 0 Å². The third-order valence-electron chi connectivity index (χ3n) is 2.86. The van der Waals surface area contributed by atoms with Gasteiger partial charge in [0.15, 0.2) is 0 Å². The Hall–Kier alpha value is 0.270. The van der Waals surface area contributed by atoms with Crippen molar-refractivity contribution in [2.24, 2.45) is 0 Å². The van der Waals surface area contributed by atoms with Crippen molar-refractivity contribution in [2.75, 3.05) is 12.9 Å². The zero-order chi connectivity index (χ0) is 10.1. The molecule has 78 valence electrons. The Morgan fingerprint density at radius 3 is 2.54 bits per heavy atom. The molecule has 2 atom stereocenters. The van der Waals surface area contributed by atoms with Gasteiger partial charge in [-0.15, -0.1) is 11.8 Å². The lowest BCUT2D eigenvalue weighted by atomic mass is 10.0. The lowest BCUT2D eigenvalue weighted by Gasteiger charge is -2.34. The van der Waals surface area contributed by atoms with Crippen molar-refractivity contribution in [1.82, 2.24) is 5.32 Å². The van der Waals surface area contributed by atoms with Crippen molar-refractivity contribution >= 4 is 11.8 Å². The van der Waals surface area contributed by atoms with Crippen LogP contribution >= 0.6 is 11.8 Å². The largest absolute Gasteiger partial charge is 0.376 e. The number of ether oxygens (including phenoxy) is 1. The molecule has 0 aromatic rings. The van der Waals surface area contributed by atoms with Crippen molar-refractivity contribution in [3.63, 3.8) is 0 Å². The highest BCUT2D eigenvalue weighted by Gasteiger charge is 2.41. The molecule has 0 aliphatic carbocycles. The highest BCUT2D eigenvalue weighted by molar-refractivity contribution is 8.00. The first kappa shape index (κ1) is 11.3. The highest BCUT2D eigenvalue weighted by atomic mass is 32.2. The van der Waals surface area contributed by atoms with E-state index in [2.05, 4.69) is 33.0 Å². The van der Waals surface area contributed by atoms with E-state index in [9.17, 15) is 0 Å². The summed E-state index contributed by atoms with van der Waals surface area (Å²) in [6, 6.07) is 0. The van der Waals surface area contributed by atoms with Crippen LogP contribution in [-0.2, 0) is 4.74 Å². The Morgan fingerprint density at radius 1 is 1.62 bits per heavy atom. The average Bonchev–Trinajstić information content (AvgIpc) is 2.45. The molecule has 0 aromatic heterocycles. The van der Waals surface area contributed by atoms with Gasteiger partial charge in [-0.05, 0) is 27.2 Å². The normalized spacial score (nSPS) is 31.6. The maximum atomic E-state index is 5.58. The number of nitrogens with one attached hydrogen (secondary N) is 1. The maximum Gasteiger partial charge on any atom is 0.0893 e. The quantitative estimate of drug-likeness (QED) is 0.760. The molecule has 0 saturated carbocycles. The molecule has 2 unspecified atom stereocenters. The van der Waals surface area contributed by atoms with Gasteiger partial charge in [0.2, 0.25) is 0 Å². The minimum atomic E-state index is -0.0293. The first-order chi connectivity index (χ1) is 5.93. The Morgan fingerprint density at radius 2 is 2.23 bits per heavy atom. The number of rotatable bonds is 3. The molecule has 0 bridgehead atoms. The van der Waals surface area contributed by atoms with Crippen LogP contribution in [0.4, 0.5) is 0 Å². The molecular weight excluding hydrogens is 182 g/mol. The summed E-state index contributed by atoms with van der Waals surface area (Å²) in [7, 11) is 1.80. The van der Waals surface area contributed by atoms with Crippen molar-refractivity contribution in [1.29, 1.82) is 0 Å². The van der Waals surface area contributed by atoms with E-state index >= 15 is 0 Å². The molecule has 0 spiro atoms. The molecule has 1 aliphatic rings. The van der Waals surface area contributed by atoms with Gasteiger partial charge in [0.05, 0.1) is 11.0 Å². The van der Waals surface area contributed by atoms with Gasteiger partial charge in [0, 0.05) is 18.4 Å². The fraction of sp³-hybridized carbons (Fsp3) is 1.00. The average molecular weight is 203 g/mol. The Kier molecular flexibility index (Phi) is 3.31. The van der Waals surface area contributed by atoms with Crippen LogP contribution in [0.1, 0.15) is 34.1 Å². The summed E-state index contributed by atoms with van der Waals surface area (Å²) in [5.41, 5.74) is 0.225. The molecule has 13 heavy (non-hydrogen) atoms. The smallest absolute Gasteiger partial charge is 0.0893 e.